The molecule has 1 fully saturated rings. The summed E-state index contributed by atoms with van der Waals surface area (Å²) in [6, 6.07) is -0.262. The number of aliphatic carboxylic acids is 1. The lowest BCUT2D eigenvalue weighted by Crippen LogP contribution is -2.56. The predicted molar refractivity (Wildman–Crippen MR) is 74.0 cm³/mol. The van der Waals surface area contributed by atoms with Crippen LogP contribution in [0.15, 0.2) is 0 Å². The van der Waals surface area contributed by atoms with E-state index in [9.17, 15) is 14.7 Å². The highest BCUT2D eigenvalue weighted by Gasteiger charge is 2.46. The zero-order valence-corrected chi connectivity index (χ0v) is 12.4. The molecule has 0 aromatic carbocycles. The van der Waals surface area contributed by atoms with Gasteiger partial charge in [0.25, 0.3) is 0 Å². The van der Waals surface area contributed by atoms with Crippen LogP contribution in [-0.4, -0.2) is 46.1 Å². The van der Waals surface area contributed by atoms with Gasteiger partial charge >= 0.3 is 5.97 Å². The minimum Gasteiger partial charge on any atom is -0.480 e. The molecular formula is C14H26N2O3. The SMILES string of the molecule is CCCC(C)NC(=O)C(C)N1CCCC1(C)C(=O)O. The van der Waals surface area contributed by atoms with Gasteiger partial charge in [0.05, 0.1) is 6.04 Å². The van der Waals surface area contributed by atoms with Gasteiger partial charge in [-0.2, -0.15) is 0 Å². The third-order valence-corrected chi connectivity index (χ3v) is 4.11. The molecule has 3 unspecified atom stereocenters. The molecule has 1 aliphatic rings. The van der Waals surface area contributed by atoms with Crippen molar-refractivity contribution >= 4 is 11.9 Å². The zero-order chi connectivity index (χ0) is 14.6. The van der Waals surface area contributed by atoms with E-state index in [2.05, 4.69) is 12.2 Å². The molecule has 0 aliphatic carbocycles. The standard InChI is InChI=1S/C14H26N2O3/c1-5-7-10(2)15-12(17)11(3)16-9-6-8-14(16,4)13(18)19/h10-11H,5-9H2,1-4H3,(H,15,17)(H,18,19). The van der Waals surface area contributed by atoms with Gasteiger partial charge in [0.1, 0.15) is 5.54 Å². The predicted octanol–water partition coefficient (Wildman–Crippen LogP) is 1.62. The van der Waals surface area contributed by atoms with Crippen molar-refractivity contribution in [3.8, 4) is 0 Å². The molecule has 0 saturated carbocycles. The molecule has 1 aliphatic heterocycles. The largest absolute Gasteiger partial charge is 0.480 e. The molecule has 0 spiro atoms. The molecule has 5 nitrogen and oxygen atoms in total. The fraction of sp³-hybridized carbons (Fsp3) is 0.857. The van der Waals surface area contributed by atoms with E-state index in [1.165, 1.54) is 0 Å². The third-order valence-electron chi connectivity index (χ3n) is 4.11. The highest BCUT2D eigenvalue weighted by Crippen LogP contribution is 2.31. The van der Waals surface area contributed by atoms with E-state index in [0.29, 0.717) is 13.0 Å². The van der Waals surface area contributed by atoms with Gasteiger partial charge in [-0.3, -0.25) is 14.5 Å². The maximum absolute atomic E-state index is 12.2. The summed E-state index contributed by atoms with van der Waals surface area (Å²) < 4.78 is 0. The number of carbonyl (C=O) groups is 2. The summed E-state index contributed by atoms with van der Waals surface area (Å²) in [6.07, 6.45) is 3.39. The number of carboxylic acid groups (broad SMARTS) is 1. The van der Waals surface area contributed by atoms with Crippen molar-refractivity contribution in [2.24, 2.45) is 0 Å². The number of hydrogen-bond acceptors (Lipinski definition) is 3. The lowest BCUT2D eigenvalue weighted by atomic mass is 9.98. The molecule has 1 rings (SSSR count). The van der Waals surface area contributed by atoms with Crippen LogP contribution in [0.4, 0.5) is 0 Å². The number of nitrogens with one attached hydrogen (secondary N) is 1. The molecule has 1 saturated heterocycles. The molecule has 0 radical (unpaired) electrons. The highest BCUT2D eigenvalue weighted by molar-refractivity contribution is 5.84. The molecule has 1 heterocycles. The van der Waals surface area contributed by atoms with Crippen LogP contribution in [0, 0.1) is 0 Å². The van der Waals surface area contributed by atoms with Crippen LogP contribution in [0.5, 0.6) is 0 Å². The molecular weight excluding hydrogens is 244 g/mol. The van der Waals surface area contributed by atoms with Gasteiger partial charge in [0.2, 0.25) is 5.91 Å². The molecule has 0 aromatic rings. The Kier molecular flexibility index (Phi) is 5.35. The Labute approximate surface area is 115 Å². The highest BCUT2D eigenvalue weighted by atomic mass is 16.4. The van der Waals surface area contributed by atoms with Crippen molar-refractivity contribution in [1.29, 1.82) is 0 Å². The third kappa shape index (κ3) is 3.47. The van der Waals surface area contributed by atoms with E-state index >= 15 is 0 Å². The van der Waals surface area contributed by atoms with E-state index in [1.54, 1.807) is 13.8 Å². The van der Waals surface area contributed by atoms with Gasteiger partial charge in [-0.1, -0.05) is 13.3 Å². The fourth-order valence-electron chi connectivity index (χ4n) is 2.85. The van der Waals surface area contributed by atoms with Crippen molar-refractivity contribution in [2.75, 3.05) is 6.54 Å². The van der Waals surface area contributed by atoms with Crippen LogP contribution >= 0.6 is 0 Å². The maximum atomic E-state index is 12.2. The lowest BCUT2D eigenvalue weighted by molar-refractivity contribution is -0.151. The van der Waals surface area contributed by atoms with Crippen LogP contribution < -0.4 is 5.32 Å². The Morgan fingerprint density at radius 1 is 1.42 bits per heavy atom. The minimum absolute atomic E-state index is 0.0738. The first-order valence-electron chi connectivity index (χ1n) is 7.13. The molecule has 110 valence electrons. The van der Waals surface area contributed by atoms with E-state index in [0.717, 1.165) is 19.3 Å². The zero-order valence-electron chi connectivity index (χ0n) is 12.4. The first kappa shape index (κ1) is 16.0. The summed E-state index contributed by atoms with van der Waals surface area (Å²) >= 11 is 0. The summed E-state index contributed by atoms with van der Waals surface area (Å²) in [7, 11) is 0. The molecule has 3 atom stereocenters. The fourth-order valence-corrected chi connectivity index (χ4v) is 2.85. The summed E-state index contributed by atoms with van der Waals surface area (Å²) in [5.41, 5.74) is -0.912. The Morgan fingerprint density at radius 3 is 2.58 bits per heavy atom. The average molecular weight is 270 g/mol. The van der Waals surface area contributed by atoms with Crippen LogP contribution in [-0.2, 0) is 9.59 Å². The topological polar surface area (TPSA) is 69.6 Å². The van der Waals surface area contributed by atoms with Gasteiger partial charge < -0.3 is 10.4 Å². The van der Waals surface area contributed by atoms with Crippen molar-refractivity contribution in [3.05, 3.63) is 0 Å². The van der Waals surface area contributed by atoms with Gasteiger partial charge in [-0.05, 0) is 40.0 Å². The van der Waals surface area contributed by atoms with Crippen LogP contribution in [0.2, 0.25) is 0 Å². The quantitative estimate of drug-likeness (QED) is 0.769. The summed E-state index contributed by atoms with van der Waals surface area (Å²) in [5.74, 6) is -0.915. The van der Waals surface area contributed by atoms with Crippen molar-refractivity contribution in [2.45, 2.75) is 71.0 Å². The summed E-state index contributed by atoms with van der Waals surface area (Å²) in [5, 5.41) is 12.3. The molecule has 0 bridgehead atoms. The number of rotatable bonds is 6. The number of carboxylic acids is 1. The van der Waals surface area contributed by atoms with Crippen molar-refractivity contribution in [1.82, 2.24) is 10.2 Å². The van der Waals surface area contributed by atoms with Crippen LogP contribution in [0.3, 0.4) is 0 Å². The monoisotopic (exact) mass is 270 g/mol. The molecule has 19 heavy (non-hydrogen) atoms. The first-order chi connectivity index (χ1) is 8.82. The number of carbonyl (C=O) groups excluding carboxylic acids is 1. The van der Waals surface area contributed by atoms with E-state index in [1.807, 2.05) is 11.8 Å². The van der Waals surface area contributed by atoms with Crippen molar-refractivity contribution in [3.63, 3.8) is 0 Å². The second-order valence-corrected chi connectivity index (χ2v) is 5.75. The van der Waals surface area contributed by atoms with Gasteiger partial charge in [-0.25, -0.2) is 0 Å². The van der Waals surface area contributed by atoms with Gasteiger partial charge in [0, 0.05) is 12.6 Å². The van der Waals surface area contributed by atoms with Crippen LogP contribution in [0.1, 0.15) is 53.4 Å². The first-order valence-corrected chi connectivity index (χ1v) is 7.13. The normalized spacial score (nSPS) is 26.9. The Hall–Kier alpha value is -1.10. The minimum atomic E-state index is -0.912. The lowest BCUT2D eigenvalue weighted by Gasteiger charge is -2.35. The average Bonchev–Trinajstić information content (AvgIpc) is 2.72. The molecule has 0 aromatic heterocycles. The maximum Gasteiger partial charge on any atom is 0.323 e. The number of nitrogens with zero attached hydrogens (tertiary/aromatic N) is 1. The number of hydrogen-bond donors (Lipinski definition) is 2. The smallest absolute Gasteiger partial charge is 0.323 e. The van der Waals surface area contributed by atoms with Gasteiger partial charge in [-0.15, -0.1) is 0 Å². The van der Waals surface area contributed by atoms with E-state index in [4.69, 9.17) is 0 Å². The number of amides is 1. The van der Waals surface area contributed by atoms with E-state index < -0.39 is 17.6 Å². The summed E-state index contributed by atoms with van der Waals surface area (Å²) in [6.45, 7) is 8.23. The Balaban J connectivity index is 2.68. The Bertz CT molecular complexity index is 346. The molecule has 1 amide bonds. The van der Waals surface area contributed by atoms with Gasteiger partial charge in [0.15, 0.2) is 0 Å². The Morgan fingerprint density at radius 2 is 2.05 bits per heavy atom. The second-order valence-electron chi connectivity index (χ2n) is 5.75. The van der Waals surface area contributed by atoms with Crippen molar-refractivity contribution < 1.29 is 14.7 Å². The van der Waals surface area contributed by atoms with E-state index in [-0.39, 0.29) is 11.9 Å². The summed E-state index contributed by atoms with van der Waals surface area (Å²) in [4.78, 5) is 25.4. The number of likely N-dealkylation sites (tertiary alicyclic amines) is 1. The molecule has 2 N–H and O–H groups in total. The van der Waals surface area contributed by atoms with Crippen LogP contribution in [0.25, 0.3) is 0 Å². The second kappa shape index (κ2) is 6.37. The molecule has 5 heteroatoms.